The molecular weight excluding hydrogens is 471 g/mol. The minimum Gasteiger partial charge on any atom is -0.330 e. The van der Waals surface area contributed by atoms with Gasteiger partial charge in [-0.2, -0.15) is 0 Å². The fourth-order valence-electron chi connectivity index (χ4n) is 9.60. The van der Waals surface area contributed by atoms with Gasteiger partial charge < -0.3 is 11.1 Å². The zero-order valence-electron chi connectivity index (χ0n) is 22.6. The average Bonchev–Trinajstić information content (AvgIpc) is 3.62. The van der Waals surface area contributed by atoms with Crippen LogP contribution in [0.5, 0.6) is 0 Å². The summed E-state index contributed by atoms with van der Waals surface area (Å²) in [6, 6.07) is 0.802. The lowest BCUT2D eigenvalue weighted by molar-refractivity contribution is 0.247. The van der Waals surface area contributed by atoms with E-state index in [1.165, 1.54) is 83.6 Å². The average molecular weight is 530 g/mol. The summed E-state index contributed by atoms with van der Waals surface area (Å²) in [5.41, 5.74) is 5.79. The van der Waals surface area contributed by atoms with Gasteiger partial charge in [-0.05, 0) is 125 Å². The highest BCUT2D eigenvalue weighted by atomic mass is 35.5. The molecule has 0 aromatic rings. The molecule has 0 aromatic carbocycles. The van der Waals surface area contributed by atoms with Gasteiger partial charge in [0.2, 0.25) is 0 Å². The lowest BCUT2D eigenvalue weighted by Gasteiger charge is -2.29. The minimum atomic E-state index is 0. The van der Waals surface area contributed by atoms with Crippen LogP contribution in [-0.4, -0.2) is 19.1 Å². The number of rotatable bonds is 14. The highest BCUT2D eigenvalue weighted by molar-refractivity contribution is 5.85. The molecule has 0 spiro atoms. The summed E-state index contributed by atoms with van der Waals surface area (Å²) in [7, 11) is 0. The second kappa shape index (κ2) is 15.2. The molecule has 5 rings (SSSR count). The second-order valence-corrected chi connectivity index (χ2v) is 13.6. The van der Waals surface area contributed by atoms with Crippen molar-refractivity contribution in [1.82, 2.24) is 5.32 Å². The molecule has 5 aliphatic carbocycles. The zero-order chi connectivity index (χ0) is 22.5. The van der Waals surface area contributed by atoms with Gasteiger partial charge in [-0.25, -0.2) is 0 Å². The molecule has 0 aromatic heterocycles. The molecule has 5 fully saturated rings. The van der Waals surface area contributed by atoms with E-state index in [0.29, 0.717) is 0 Å². The Morgan fingerprint density at radius 3 is 1.54 bits per heavy atom. The van der Waals surface area contributed by atoms with E-state index < -0.39 is 0 Å². The number of hydrogen-bond donors (Lipinski definition) is 2. The van der Waals surface area contributed by atoms with Gasteiger partial charge in [0.15, 0.2) is 0 Å². The van der Waals surface area contributed by atoms with E-state index in [2.05, 4.69) is 5.32 Å². The van der Waals surface area contributed by atoms with E-state index >= 15 is 0 Å². The highest BCUT2D eigenvalue weighted by Crippen LogP contribution is 2.51. The van der Waals surface area contributed by atoms with Gasteiger partial charge in [0, 0.05) is 6.04 Å². The predicted molar refractivity (Wildman–Crippen MR) is 156 cm³/mol. The molecular formula is C31H58Cl2N2. The lowest BCUT2D eigenvalue weighted by Crippen LogP contribution is -2.32. The summed E-state index contributed by atoms with van der Waals surface area (Å²) in [5, 5.41) is 4.10. The van der Waals surface area contributed by atoms with Crippen molar-refractivity contribution in [2.24, 2.45) is 53.1 Å². The highest BCUT2D eigenvalue weighted by Gasteiger charge is 2.39. The molecule has 206 valence electrons. The Balaban J connectivity index is 0.00000171. The lowest BCUT2D eigenvalue weighted by atomic mass is 9.79. The van der Waals surface area contributed by atoms with E-state index in [1.807, 2.05) is 0 Å². The maximum atomic E-state index is 5.79. The molecule has 3 N–H and O–H groups in total. The summed E-state index contributed by atoms with van der Waals surface area (Å²) >= 11 is 0. The van der Waals surface area contributed by atoms with Gasteiger partial charge in [0.05, 0.1) is 0 Å². The molecule has 0 amide bonds. The Labute approximate surface area is 230 Å². The van der Waals surface area contributed by atoms with Crippen molar-refractivity contribution in [3.63, 3.8) is 0 Å². The third-order valence-electron chi connectivity index (χ3n) is 11.6. The van der Waals surface area contributed by atoms with Crippen LogP contribution < -0.4 is 11.1 Å². The summed E-state index contributed by atoms with van der Waals surface area (Å²) in [6.07, 6.45) is 30.0. The molecule has 6 atom stereocenters. The predicted octanol–water partition coefficient (Wildman–Crippen LogP) is 8.55. The van der Waals surface area contributed by atoms with E-state index in [-0.39, 0.29) is 24.8 Å². The maximum absolute atomic E-state index is 5.79. The number of halogens is 2. The molecule has 4 heteroatoms. The van der Waals surface area contributed by atoms with Crippen LogP contribution in [0.3, 0.4) is 0 Å². The number of nitrogens with one attached hydrogen (secondary N) is 1. The summed E-state index contributed by atoms with van der Waals surface area (Å²) in [5.74, 6) is 8.59. The van der Waals surface area contributed by atoms with Crippen molar-refractivity contribution >= 4 is 24.8 Å². The molecule has 2 nitrogen and oxygen atoms in total. The first-order valence-electron chi connectivity index (χ1n) is 15.7. The van der Waals surface area contributed by atoms with E-state index in [0.717, 1.165) is 59.9 Å². The Kier molecular flexibility index (Phi) is 13.0. The Morgan fingerprint density at radius 2 is 1.11 bits per heavy atom. The van der Waals surface area contributed by atoms with E-state index in [9.17, 15) is 0 Å². The van der Waals surface area contributed by atoms with Gasteiger partial charge >= 0.3 is 0 Å². The monoisotopic (exact) mass is 528 g/mol. The third-order valence-corrected chi connectivity index (χ3v) is 11.6. The van der Waals surface area contributed by atoms with Crippen LogP contribution in [0.1, 0.15) is 128 Å². The van der Waals surface area contributed by atoms with Crippen molar-refractivity contribution < 1.29 is 0 Å². The first-order chi connectivity index (χ1) is 16.3. The van der Waals surface area contributed by atoms with Crippen LogP contribution in [0.15, 0.2) is 0 Å². The van der Waals surface area contributed by atoms with Crippen LogP contribution in [0.25, 0.3) is 0 Å². The molecule has 35 heavy (non-hydrogen) atoms. The molecule has 5 aliphatic rings. The van der Waals surface area contributed by atoms with Gasteiger partial charge in [-0.1, -0.05) is 64.2 Å². The molecule has 0 saturated heterocycles. The Hall–Kier alpha value is 0.500. The molecule has 5 saturated carbocycles. The Morgan fingerprint density at radius 1 is 0.600 bits per heavy atom. The molecule has 4 bridgehead atoms. The smallest absolute Gasteiger partial charge is 0.00670 e. The zero-order valence-corrected chi connectivity index (χ0v) is 24.3. The van der Waals surface area contributed by atoms with Crippen LogP contribution in [0.4, 0.5) is 0 Å². The minimum absolute atomic E-state index is 0. The molecule has 0 aliphatic heterocycles. The van der Waals surface area contributed by atoms with Gasteiger partial charge in [0.25, 0.3) is 0 Å². The van der Waals surface area contributed by atoms with Crippen LogP contribution in [-0.2, 0) is 0 Å². The van der Waals surface area contributed by atoms with Crippen LogP contribution >= 0.6 is 24.8 Å². The van der Waals surface area contributed by atoms with E-state index in [1.54, 1.807) is 51.4 Å². The number of fused-ring (bicyclic) bond motifs is 4. The van der Waals surface area contributed by atoms with Crippen LogP contribution in [0, 0.1) is 47.3 Å². The quantitative estimate of drug-likeness (QED) is 0.237. The van der Waals surface area contributed by atoms with Crippen molar-refractivity contribution in [3.05, 3.63) is 0 Å². The van der Waals surface area contributed by atoms with Gasteiger partial charge in [-0.15, -0.1) is 24.8 Å². The number of nitrogens with two attached hydrogens (primary N) is 1. The second-order valence-electron chi connectivity index (χ2n) is 13.6. The topological polar surface area (TPSA) is 38.0 Å². The first-order valence-corrected chi connectivity index (χ1v) is 15.7. The van der Waals surface area contributed by atoms with E-state index in [4.69, 9.17) is 5.73 Å². The molecule has 6 unspecified atom stereocenters. The summed E-state index contributed by atoms with van der Waals surface area (Å²) in [6.45, 7) is 2.17. The SMILES string of the molecule is Cl.Cl.NCCC1CCC(CCNC(CCCC2CC3CCC2C3)CCCC2CC3CCC2C3)CC1. The summed E-state index contributed by atoms with van der Waals surface area (Å²) < 4.78 is 0. The largest absolute Gasteiger partial charge is 0.330 e. The van der Waals surface area contributed by atoms with Crippen molar-refractivity contribution in [1.29, 1.82) is 0 Å². The van der Waals surface area contributed by atoms with Crippen molar-refractivity contribution in [2.75, 3.05) is 13.1 Å². The summed E-state index contributed by atoms with van der Waals surface area (Å²) in [4.78, 5) is 0. The normalized spacial score (nSPS) is 38.3. The van der Waals surface area contributed by atoms with Crippen LogP contribution in [0.2, 0.25) is 0 Å². The van der Waals surface area contributed by atoms with Gasteiger partial charge in [-0.3, -0.25) is 0 Å². The Bertz CT molecular complexity index is 544. The standard InChI is InChI=1S/C31H56N2.2ClH/c32-17-15-23-7-9-24(10-8-23)16-18-33-31(5-1-3-27-19-25-11-13-29(27)21-25)6-2-4-28-20-26-12-14-30(28)22-26;;/h23-31,33H,1-22,32H2;2*1H. The number of hydrogen-bond acceptors (Lipinski definition) is 2. The molecule has 0 heterocycles. The van der Waals surface area contributed by atoms with Crippen molar-refractivity contribution in [3.8, 4) is 0 Å². The van der Waals surface area contributed by atoms with Crippen molar-refractivity contribution in [2.45, 2.75) is 134 Å². The maximum Gasteiger partial charge on any atom is 0.00670 e. The van der Waals surface area contributed by atoms with Gasteiger partial charge in [0.1, 0.15) is 0 Å². The third kappa shape index (κ3) is 8.49. The first kappa shape index (κ1) is 30.0. The fraction of sp³-hybridized carbons (Fsp3) is 1.00. The molecule has 0 radical (unpaired) electrons. The fourth-order valence-corrected chi connectivity index (χ4v) is 9.60.